The van der Waals surface area contributed by atoms with E-state index in [0.29, 0.717) is 17.2 Å². The SMILES string of the molecule is CCN(c1ccc(OC)c(OC)c1)S(=O)(=O)c1ccc([N+](=O)[O-])cc1. The molecule has 0 saturated heterocycles. The van der Waals surface area contributed by atoms with Crippen molar-refractivity contribution >= 4 is 21.4 Å². The maximum atomic E-state index is 12.9. The summed E-state index contributed by atoms with van der Waals surface area (Å²) >= 11 is 0. The zero-order valence-corrected chi connectivity index (χ0v) is 14.8. The van der Waals surface area contributed by atoms with Crippen LogP contribution in [0.15, 0.2) is 47.4 Å². The molecular weight excluding hydrogens is 348 g/mol. The fourth-order valence-corrected chi connectivity index (χ4v) is 3.80. The van der Waals surface area contributed by atoms with E-state index < -0.39 is 14.9 Å². The van der Waals surface area contributed by atoms with Crippen LogP contribution in [0.3, 0.4) is 0 Å². The highest BCUT2D eigenvalue weighted by Gasteiger charge is 2.25. The van der Waals surface area contributed by atoms with E-state index in [0.717, 1.165) is 12.1 Å². The maximum Gasteiger partial charge on any atom is 0.269 e. The van der Waals surface area contributed by atoms with Crippen molar-refractivity contribution in [2.45, 2.75) is 11.8 Å². The Morgan fingerprint density at radius 3 is 2.12 bits per heavy atom. The molecular formula is C16H18N2O6S. The summed E-state index contributed by atoms with van der Waals surface area (Å²) < 4.78 is 37.3. The van der Waals surface area contributed by atoms with Crippen LogP contribution < -0.4 is 13.8 Å². The van der Waals surface area contributed by atoms with Gasteiger partial charge in [0.1, 0.15) is 0 Å². The number of nitrogens with zero attached hydrogens (tertiary/aromatic N) is 2. The minimum Gasteiger partial charge on any atom is -0.493 e. The van der Waals surface area contributed by atoms with Crippen molar-refractivity contribution in [3.8, 4) is 11.5 Å². The lowest BCUT2D eigenvalue weighted by atomic mass is 10.2. The third kappa shape index (κ3) is 3.66. The van der Waals surface area contributed by atoms with Gasteiger partial charge in [0.05, 0.1) is 29.7 Å². The molecule has 0 spiro atoms. The van der Waals surface area contributed by atoms with Crippen molar-refractivity contribution in [1.29, 1.82) is 0 Å². The lowest BCUT2D eigenvalue weighted by molar-refractivity contribution is -0.384. The molecule has 134 valence electrons. The summed E-state index contributed by atoms with van der Waals surface area (Å²) in [6.45, 7) is 1.87. The summed E-state index contributed by atoms with van der Waals surface area (Å²) in [7, 11) is -0.927. The molecule has 2 aromatic carbocycles. The second-order valence-corrected chi connectivity index (χ2v) is 6.82. The van der Waals surface area contributed by atoms with Crippen molar-refractivity contribution < 1.29 is 22.8 Å². The predicted octanol–water partition coefficient (Wildman–Crippen LogP) is 2.83. The Balaban J connectivity index is 2.46. The lowest BCUT2D eigenvalue weighted by Gasteiger charge is -2.23. The van der Waals surface area contributed by atoms with Gasteiger partial charge < -0.3 is 9.47 Å². The number of hydrogen-bond acceptors (Lipinski definition) is 6. The number of methoxy groups -OCH3 is 2. The van der Waals surface area contributed by atoms with Crippen LogP contribution in [0.5, 0.6) is 11.5 Å². The molecule has 0 aliphatic heterocycles. The first-order valence-electron chi connectivity index (χ1n) is 7.34. The molecule has 8 nitrogen and oxygen atoms in total. The van der Waals surface area contributed by atoms with Crippen molar-refractivity contribution in [3.05, 3.63) is 52.6 Å². The van der Waals surface area contributed by atoms with Crippen LogP contribution in [0.2, 0.25) is 0 Å². The van der Waals surface area contributed by atoms with Gasteiger partial charge in [-0.05, 0) is 31.2 Å². The van der Waals surface area contributed by atoms with Crippen LogP contribution in [0.4, 0.5) is 11.4 Å². The van der Waals surface area contributed by atoms with Gasteiger partial charge in [-0.2, -0.15) is 0 Å². The number of rotatable bonds is 7. The third-order valence-electron chi connectivity index (χ3n) is 3.58. The van der Waals surface area contributed by atoms with E-state index in [1.165, 1.54) is 30.7 Å². The lowest BCUT2D eigenvalue weighted by Crippen LogP contribution is -2.30. The quantitative estimate of drug-likeness (QED) is 0.552. The van der Waals surface area contributed by atoms with Crippen LogP contribution in [0.1, 0.15) is 6.92 Å². The van der Waals surface area contributed by atoms with E-state index in [9.17, 15) is 18.5 Å². The first-order chi connectivity index (χ1) is 11.8. The van der Waals surface area contributed by atoms with Crippen molar-refractivity contribution in [2.75, 3.05) is 25.1 Å². The number of non-ortho nitro benzene ring substituents is 1. The molecule has 0 heterocycles. The number of nitro benzene ring substituents is 1. The molecule has 0 amide bonds. The Bertz CT molecular complexity index is 865. The molecule has 0 saturated carbocycles. The topological polar surface area (TPSA) is 99.0 Å². The molecule has 2 aromatic rings. The number of benzene rings is 2. The summed E-state index contributed by atoms with van der Waals surface area (Å²) in [6, 6.07) is 9.54. The highest BCUT2D eigenvalue weighted by atomic mass is 32.2. The van der Waals surface area contributed by atoms with Crippen molar-refractivity contribution in [1.82, 2.24) is 0 Å². The molecule has 0 aliphatic carbocycles. The second kappa shape index (κ2) is 7.39. The zero-order chi connectivity index (χ0) is 18.6. The minimum atomic E-state index is -3.88. The van der Waals surface area contributed by atoms with Crippen LogP contribution in [0, 0.1) is 10.1 Å². The molecule has 0 atom stereocenters. The van der Waals surface area contributed by atoms with Gasteiger partial charge in [0.2, 0.25) is 0 Å². The first-order valence-corrected chi connectivity index (χ1v) is 8.78. The molecule has 0 radical (unpaired) electrons. The summed E-state index contributed by atoms with van der Waals surface area (Å²) in [5.74, 6) is 0.882. The van der Waals surface area contributed by atoms with E-state index in [4.69, 9.17) is 9.47 Å². The molecule has 0 N–H and O–H groups in total. The Morgan fingerprint density at radius 1 is 1.04 bits per heavy atom. The fourth-order valence-electron chi connectivity index (χ4n) is 2.34. The number of nitro groups is 1. The van der Waals surface area contributed by atoms with Gasteiger partial charge >= 0.3 is 0 Å². The first kappa shape index (κ1) is 18.5. The Hall–Kier alpha value is -2.81. The highest BCUT2D eigenvalue weighted by molar-refractivity contribution is 7.92. The van der Waals surface area contributed by atoms with E-state index in [1.54, 1.807) is 25.1 Å². The average Bonchev–Trinajstić information content (AvgIpc) is 2.62. The number of ether oxygens (including phenoxy) is 2. The molecule has 0 fully saturated rings. The van der Waals surface area contributed by atoms with Crippen LogP contribution >= 0.6 is 0 Å². The molecule has 0 unspecified atom stereocenters. The number of anilines is 1. The van der Waals surface area contributed by atoms with Crippen LogP contribution in [0.25, 0.3) is 0 Å². The second-order valence-electron chi connectivity index (χ2n) is 4.96. The number of sulfonamides is 1. The number of hydrogen-bond donors (Lipinski definition) is 0. The standard InChI is InChI=1S/C16H18N2O6S/c1-4-17(13-7-10-15(23-2)16(11-13)24-3)25(21,22)14-8-5-12(6-9-14)18(19)20/h5-11H,4H2,1-3H3. The highest BCUT2D eigenvalue weighted by Crippen LogP contribution is 2.33. The Kier molecular flexibility index (Phi) is 5.48. The van der Waals surface area contributed by atoms with Crippen LogP contribution in [-0.2, 0) is 10.0 Å². The van der Waals surface area contributed by atoms with Gasteiger partial charge in [-0.3, -0.25) is 14.4 Å². The molecule has 0 aliphatic rings. The van der Waals surface area contributed by atoms with E-state index in [-0.39, 0.29) is 17.1 Å². The fraction of sp³-hybridized carbons (Fsp3) is 0.250. The summed E-state index contributed by atoms with van der Waals surface area (Å²) in [5.41, 5.74) is 0.228. The van der Waals surface area contributed by atoms with E-state index >= 15 is 0 Å². The molecule has 2 rings (SSSR count). The summed E-state index contributed by atoms with van der Waals surface area (Å²) in [6.07, 6.45) is 0. The molecule has 25 heavy (non-hydrogen) atoms. The van der Waals surface area contributed by atoms with Gasteiger partial charge in [0.15, 0.2) is 11.5 Å². The molecule has 9 heteroatoms. The normalized spacial score (nSPS) is 11.0. The largest absolute Gasteiger partial charge is 0.493 e. The van der Waals surface area contributed by atoms with E-state index in [1.807, 2.05) is 0 Å². The molecule has 0 bridgehead atoms. The van der Waals surface area contributed by atoms with Gasteiger partial charge in [-0.1, -0.05) is 0 Å². The van der Waals surface area contributed by atoms with Gasteiger partial charge in [0.25, 0.3) is 15.7 Å². The summed E-state index contributed by atoms with van der Waals surface area (Å²) in [4.78, 5) is 10.1. The minimum absolute atomic E-state index is 0.0327. The van der Waals surface area contributed by atoms with Crippen LogP contribution in [-0.4, -0.2) is 34.1 Å². The van der Waals surface area contributed by atoms with Gasteiger partial charge in [0, 0.05) is 24.7 Å². The third-order valence-corrected chi connectivity index (χ3v) is 5.50. The molecule has 0 aromatic heterocycles. The Labute approximate surface area is 145 Å². The Morgan fingerprint density at radius 2 is 1.64 bits per heavy atom. The summed E-state index contributed by atoms with van der Waals surface area (Å²) in [5, 5.41) is 10.7. The zero-order valence-electron chi connectivity index (χ0n) is 14.0. The van der Waals surface area contributed by atoms with E-state index in [2.05, 4.69) is 0 Å². The van der Waals surface area contributed by atoms with Gasteiger partial charge in [-0.25, -0.2) is 8.42 Å². The average molecular weight is 366 g/mol. The monoisotopic (exact) mass is 366 g/mol. The smallest absolute Gasteiger partial charge is 0.269 e. The maximum absolute atomic E-state index is 12.9. The predicted molar refractivity (Wildman–Crippen MR) is 92.8 cm³/mol. The van der Waals surface area contributed by atoms with Crippen molar-refractivity contribution in [2.24, 2.45) is 0 Å². The van der Waals surface area contributed by atoms with Crippen molar-refractivity contribution in [3.63, 3.8) is 0 Å². The van der Waals surface area contributed by atoms with Gasteiger partial charge in [-0.15, -0.1) is 0 Å².